The minimum absolute atomic E-state index is 0.00618. The van der Waals surface area contributed by atoms with Crippen LogP contribution in [0.2, 0.25) is 0 Å². The van der Waals surface area contributed by atoms with E-state index < -0.39 is 20.8 Å². The van der Waals surface area contributed by atoms with E-state index in [-0.39, 0.29) is 58.8 Å². The van der Waals surface area contributed by atoms with Gasteiger partial charge in [-0.2, -0.15) is 0 Å². The maximum Gasteiger partial charge on any atom is 0.262 e. The van der Waals surface area contributed by atoms with Gasteiger partial charge in [0, 0.05) is 69.6 Å². The first kappa shape index (κ1) is 29.0. The zero-order valence-electron chi connectivity index (χ0n) is 27.5. The van der Waals surface area contributed by atoms with E-state index in [2.05, 4.69) is 72.8 Å². The van der Waals surface area contributed by atoms with Gasteiger partial charge in [0.05, 0.1) is 0 Å². The Labute approximate surface area is 300 Å². The largest absolute Gasteiger partial charge is 0.716 e. The molecule has 0 saturated heterocycles. The van der Waals surface area contributed by atoms with Crippen molar-refractivity contribution in [1.82, 2.24) is 0 Å². The average Bonchev–Trinajstić information content (AvgIpc) is 3.98. The molecule has 0 spiro atoms. The van der Waals surface area contributed by atoms with Crippen molar-refractivity contribution in [3.8, 4) is 11.5 Å². The van der Waals surface area contributed by atoms with Crippen LogP contribution in [0.5, 0.6) is 11.5 Å². The van der Waals surface area contributed by atoms with Crippen molar-refractivity contribution >= 4 is 20.8 Å². The lowest BCUT2D eigenvalue weighted by Crippen LogP contribution is -2.20. The molecule has 0 aliphatic heterocycles. The summed E-state index contributed by atoms with van der Waals surface area (Å²) in [6, 6.07) is 26.1. The molecule has 52 heavy (non-hydrogen) atoms. The van der Waals surface area contributed by atoms with Crippen LogP contribution in [0.15, 0.2) is 72.8 Å². The van der Waals surface area contributed by atoms with Crippen LogP contribution in [-0.4, -0.2) is 25.9 Å². The first-order chi connectivity index (χ1) is 25.0. The Balaban J connectivity index is 1.03. The maximum atomic E-state index is 12.6. The summed E-state index contributed by atoms with van der Waals surface area (Å²) in [4.78, 5) is 0. The van der Waals surface area contributed by atoms with Gasteiger partial charge in [-0.15, -0.1) is 0 Å². The molecule has 258 valence electrons. The van der Waals surface area contributed by atoms with Crippen molar-refractivity contribution in [3.05, 3.63) is 162 Å². The molecule has 5 aromatic rings. The van der Waals surface area contributed by atoms with E-state index in [0.29, 0.717) is 35.1 Å². The fourth-order valence-corrected chi connectivity index (χ4v) is 13.6. The number of hydrogen-bond donors (Lipinski definition) is 0. The van der Waals surface area contributed by atoms with Crippen LogP contribution in [0.3, 0.4) is 0 Å². The summed E-state index contributed by atoms with van der Waals surface area (Å²) in [7, 11) is -10.5. The minimum Gasteiger partial charge on any atom is -0.716 e. The van der Waals surface area contributed by atoms with Gasteiger partial charge < -0.3 is 17.5 Å². The molecule has 13 rings (SSSR count). The molecule has 8 aliphatic carbocycles. The number of hydrogen-bond acceptors (Lipinski definition) is 8. The van der Waals surface area contributed by atoms with Crippen molar-refractivity contribution in [1.29, 1.82) is 0 Å². The zero-order chi connectivity index (χ0) is 34.7. The Morgan fingerprint density at radius 3 is 0.865 bits per heavy atom. The van der Waals surface area contributed by atoms with Crippen molar-refractivity contribution < 1.29 is 34.3 Å². The second-order valence-electron chi connectivity index (χ2n) is 16.1. The molecule has 8 aliphatic rings. The lowest BCUT2D eigenvalue weighted by atomic mass is 9.74. The SMILES string of the molecule is O=S(=O)([O-])Oc1c2c(c(OS(=O)(=O)[O-])c3c1C1CC3c3cc4c(cc31)C1CC4c3ccccc31)C1CC2c2cc3c(cc21)C1CC3c2ccccc21. The third-order valence-electron chi connectivity index (χ3n) is 14.3. The second kappa shape index (κ2) is 8.99. The highest BCUT2D eigenvalue weighted by molar-refractivity contribution is 7.81. The number of fused-ring (bicyclic) bond motifs is 32. The van der Waals surface area contributed by atoms with Crippen LogP contribution in [0, 0.1) is 0 Å². The molecular formula is C42H28O8S2-2. The predicted molar refractivity (Wildman–Crippen MR) is 186 cm³/mol. The Kier molecular flexibility index (Phi) is 5.02. The van der Waals surface area contributed by atoms with Crippen LogP contribution < -0.4 is 8.37 Å². The van der Waals surface area contributed by atoms with Gasteiger partial charge in [0.2, 0.25) is 0 Å². The molecule has 0 fully saturated rings. The van der Waals surface area contributed by atoms with Gasteiger partial charge in [-0.25, -0.2) is 16.8 Å². The van der Waals surface area contributed by atoms with Crippen molar-refractivity contribution in [2.75, 3.05) is 0 Å². The Morgan fingerprint density at radius 1 is 0.385 bits per heavy atom. The topological polar surface area (TPSA) is 133 Å². The van der Waals surface area contributed by atoms with Gasteiger partial charge in [0.25, 0.3) is 20.8 Å². The molecule has 0 amide bonds. The summed E-state index contributed by atoms with van der Waals surface area (Å²) in [5.74, 6) is -0.273. The van der Waals surface area contributed by atoms with Gasteiger partial charge in [-0.1, -0.05) is 72.8 Å². The zero-order valence-corrected chi connectivity index (χ0v) is 29.1. The minimum atomic E-state index is -5.23. The van der Waals surface area contributed by atoms with Gasteiger partial charge in [-0.3, -0.25) is 0 Å². The lowest BCUT2D eigenvalue weighted by molar-refractivity contribution is 0.361. The molecule has 0 heterocycles. The molecule has 8 atom stereocenters. The molecule has 8 nitrogen and oxygen atoms in total. The Morgan fingerprint density at radius 2 is 0.615 bits per heavy atom. The quantitative estimate of drug-likeness (QED) is 0.140. The van der Waals surface area contributed by atoms with E-state index in [1.54, 1.807) is 0 Å². The van der Waals surface area contributed by atoms with Gasteiger partial charge in [0.1, 0.15) is 11.5 Å². The fourth-order valence-electron chi connectivity index (χ4n) is 12.8. The molecule has 0 saturated carbocycles. The molecule has 0 aromatic heterocycles. The summed E-state index contributed by atoms with van der Waals surface area (Å²) < 4.78 is 86.5. The van der Waals surface area contributed by atoms with Crippen LogP contribution >= 0.6 is 0 Å². The molecule has 0 N–H and O–H groups in total. The number of benzene rings is 5. The molecule has 8 unspecified atom stereocenters. The van der Waals surface area contributed by atoms with Crippen LogP contribution in [0.4, 0.5) is 0 Å². The van der Waals surface area contributed by atoms with Crippen LogP contribution in [0.1, 0.15) is 162 Å². The highest BCUT2D eigenvalue weighted by atomic mass is 32.3. The average molecular weight is 725 g/mol. The third kappa shape index (κ3) is 3.37. The van der Waals surface area contributed by atoms with Gasteiger partial charge in [-0.05, 0) is 92.4 Å². The molecule has 8 bridgehead atoms. The molecular weight excluding hydrogens is 697 g/mol. The monoisotopic (exact) mass is 724 g/mol. The van der Waals surface area contributed by atoms with Crippen LogP contribution in [-0.2, 0) is 20.8 Å². The summed E-state index contributed by atoms with van der Waals surface area (Å²) in [5, 5.41) is 0. The Hall–Kier alpha value is -4.48. The maximum absolute atomic E-state index is 12.6. The summed E-state index contributed by atoms with van der Waals surface area (Å²) in [6.45, 7) is 0. The van der Waals surface area contributed by atoms with E-state index in [0.717, 1.165) is 35.1 Å². The molecule has 5 aromatic carbocycles. The van der Waals surface area contributed by atoms with E-state index in [4.69, 9.17) is 8.37 Å². The fraction of sp³-hybridized carbons (Fsp3) is 0.286. The van der Waals surface area contributed by atoms with E-state index in [1.807, 2.05) is 0 Å². The smallest absolute Gasteiger partial charge is 0.262 e. The van der Waals surface area contributed by atoms with E-state index in [1.165, 1.54) is 44.5 Å². The predicted octanol–water partition coefficient (Wildman–Crippen LogP) is 7.29. The summed E-state index contributed by atoms with van der Waals surface area (Å²) in [5.41, 5.74) is 16.5. The summed E-state index contributed by atoms with van der Waals surface area (Å²) in [6.07, 6.45) is 3.08. The first-order valence-corrected chi connectivity index (χ1v) is 20.8. The second-order valence-corrected chi connectivity index (χ2v) is 18.1. The van der Waals surface area contributed by atoms with Crippen LogP contribution in [0.25, 0.3) is 0 Å². The van der Waals surface area contributed by atoms with Crippen molar-refractivity contribution in [2.45, 2.75) is 73.0 Å². The number of rotatable bonds is 4. The van der Waals surface area contributed by atoms with Gasteiger partial charge >= 0.3 is 0 Å². The van der Waals surface area contributed by atoms with Gasteiger partial charge in [0.15, 0.2) is 0 Å². The Bertz CT molecular complexity index is 2480. The third-order valence-corrected chi connectivity index (χ3v) is 15.0. The highest BCUT2D eigenvalue weighted by Crippen LogP contribution is 2.71. The van der Waals surface area contributed by atoms with Crippen molar-refractivity contribution in [2.24, 2.45) is 0 Å². The highest BCUT2D eigenvalue weighted by Gasteiger charge is 2.55. The van der Waals surface area contributed by atoms with E-state index >= 15 is 0 Å². The molecule has 0 radical (unpaired) electrons. The molecule has 10 heteroatoms. The first-order valence-electron chi connectivity index (χ1n) is 18.1. The van der Waals surface area contributed by atoms with E-state index in [9.17, 15) is 25.9 Å². The standard InChI is InChI=1S/C42H30O8S2/c43-51(44,45)49-41-37-33-15-34(30-12-26-22-9-21(25(26)11-29(30)33)17-5-1-2-6-18(17)22)38(37)42(50-52(46,47)48)40-36-16-35(39(40)41)31-13-27-23-10-24(28(27)14-32(31)36)20-8-4-3-7-19(20)23/h1-8,11-14,21-24,33-36H,9-10,15-16H2,(H,43,44,45)(H,46,47,48)/p-2. The lowest BCUT2D eigenvalue weighted by Gasteiger charge is -2.33. The van der Waals surface area contributed by atoms with Crippen molar-refractivity contribution in [3.63, 3.8) is 0 Å². The normalized spacial score (nSPS) is 29.0. The summed E-state index contributed by atoms with van der Waals surface area (Å²) >= 11 is 0.